The Morgan fingerprint density at radius 2 is 2.08 bits per heavy atom. The number of nitrogens with zero attached hydrogens (tertiary/aromatic N) is 3. The first kappa shape index (κ1) is 16.7. The molecule has 0 unspecified atom stereocenters. The van der Waals surface area contributed by atoms with Gasteiger partial charge in [0.15, 0.2) is 0 Å². The second kappa shape index (κ2) is 7.17. The van der Waals surface area contributed by atoms with Gasteiger partial charge >= 0.3 is 0 Å². The minimum Gasteiger partial charge on any atom is -0.380 e. The largest absolute Gasteiger partial charge is 0.380 e. The summed E-state index contributed by atoms with van der Waals surface area (Å²) < 4.78 is 5.21. The summed E-state index contributed by atoms with van der Waals surface area (Å²) in [7, 11) is 1.58. The van der Waals surface area contributed by atoms with E-state index in [0.29, 0.717) is 13.2 Å². The maximum Gasteiger partial charge on any atom is 0.269 e. The van der Waals surface area contributed by atoms with Gasteiger partial charge in [-0.2, -0.15) is 0 Å². The Morgan fingerprint density at radius 1 is 1.29 bits per heavy atom. The summed E-state index contributed by atoms with van der Waals surface area (Å²) in [5.41, 5.74) is 1.85. The molecule has 2 aliphatic rings. The molecule has 24 heavy (non-hydrogen) atoms. The lowest BCUT2D eigenvalue weighted by Gasteiger charge is -2.26. The van der Waals surface area contributed by atoms with E-state index in [-0.39, 0.29) is 22.4 Å². The Balaban J connectivity index is 1.75. The van der Waals surface area contributed by atoms with E-state index in [1.54, 1.807) is 19.2 Å². The molecule has 7 heteroatoms. The highest BCUT2D eigenvalue weighted by Gasteiger charge is 2.34. The van der Waals surface area contributed by atoms with Crippen LogP contribution in [0.3, 0.4) is 0 Å². The third kappa shape index (κ3) is 3.67. The van der Waals surface area contributed by atoms with Gasteiger partial charge in [-0.25, -0.2) is 0 Å². The number of hydrogen-bond acceptors (Lipinski definition) is 5. The maximum absolute atomic E-state index is 12.3. The predicted octanol–water partition coefficient (Wildman–Crippen LogP) is 2.19. The summed E-state index contributed by atoms with van der Waals surface area (Å²) in [5, 5.41) is 11.0. The summed E-state index contributed by atoms with van der Waals surface area (Å²) in [5.74, 6) is 0.539. The second-order valence-electron chi connectivity index (χ2n) is 6.44. The van der Waals surface area contributed by atoms with Gasteiger partial charge in [-0.05, 0) is 25.3 Å². The van der Waals surface area contributed by atoms with Crippen LogP contribution in [-0.2, 0) is 16.1 Å². The number of hydrogen-bond donors (Lipinski definition) is 0. The van der Waals surface area contributed by atoms with Gasteiger partial charge in [0.1, 0.15) is 0 Å². The molecule has 0 atom stereocenters. The SMILES string of the molecule is COCc1cc([N+](=O)[O-])ccc1N1CCCN(C(=O)C2CC2)CC1. The number of methoxy groups -OCH3 is 1. The van der Waals surface area contributed by atoms with E-state index in [4.69, 9.17) is 4.74 Å². The van der Waals surface area contributed by atoms with Crippen molar-refractivity contribution >= 4 is 17.3 Å². The van der Waals surface area contributed by atoms with Gasteiger partial charge in [0.25, 0.3) is 5.69 Å². The topological polar surface area (TPSA) is 75.9 Å². The fraction of sp³-hybridized carbons (Fsp3) is 0.588. The van der Waals surface area contributed by atoms with Crippen LogP contribution < -0.4 is 4.90 Å². The summed E-state index contributed by atoms with van der Waals surface area (Å²) in [6.45, 7) is 3.41. The number of non-ortho nitro benzene ring substituents is 1. The van der Waals surface area contributed by atoms with Crippen molar-refractivity contribution in [1.82, 2.24) is 4.90 Å². The zero-order valence-corrected chi connectivity index (χ0v) is 13.9. The highest BCUT2D eigenvalue weighted by molar-refractivity contribution is 5.81. The zero-order chi connectivity index (χ0) is 17.1. The quantitative estimate of drug-likeness (QED) is 0.610. The van der Waals surface area contributed by atoms with Crippen molar-refractivity contribution < 1.29 is 14.5 Å². The molecule has 0 N–H and O–H groups in total. The Hall–Kier alpha value is -2.15. The van der Waals surface area contributed by atoms with Crippen molar-refractivity contribution in [2.24, 2.45) is 5.92 Å². The normalized spacial score (nSPS) is 18.4. The lowest BCUT2D eigenvalue weighted by Crippen LogP contribution is -2.36. The molecule has 1 aliphatic heterocycles. The molecule has 1 amide bonds. The van der Waals surface area contributed by atoms with Gasteiger partial charge < -0.3 is 14.5 Å². The minimum absolute atomic E-state index is 0.0751. The smallest absolute Gasteiger partial charge is 0.269 e. The van der Waals surface area contributed by atoms with Gasteiger partial charge in [-0.15, -0.1) is 0 Å². The van der Waals surface area contributed by atoms with Crippen molar-refractivity contribution in [1.29, 1.82) is 0 Å². The Morgan fingerprint density at radius 3 is 2.75 bits per heavy atom. The third-order valence-electron chi connectivity index (χ3n) is 4.65. The van der Waals surface area contributed by atoms with E-state index in [9.17, 15) is 14.9 Å². The molecule has 1 aliphatic carbocycles. The number of ether oxygens (including phenoxy) is 1. The van der Waals surface area contributed by atoms with E-state index < -0.39 is 0 Å². The lowest BCUT2D eigenvalue weighted by atomic mass is 10.1. The molecule has 7 nitrogen and oxygen atoms in total. The zero-order valence-electron chi connectivity index (χ0n) is 13.9. The van der Waals surface area contributed by atoms with Crippen LogP contribution in [0.15, 0.2) is 18.2 Å². The monoisotopic (exact) mass is 333 g/mol. The van der Waals surface area contributed by atoms with Crippen LogP contribution in [0.25, 0.3) is 0 Å². The van der Waals surface area contributed by atoms with Crippen LogP contribution in [0.2, 0.25) is 0 Å². The molecule has 130 valence electrons. The van der Waals surface area contributed by atoms with Crippen LogP contribution in [0.1, 0.15) is 24.8 Å². The molecule has 1 saturated carbocycles. The molecular weight excluding hydrogens is 310 g/mol. The number of carbonyl (C=O) groups is 1. The van der Waals surface area contributed by atoms with E-state index in [1.165, 1.54) is 6.07 Å². The standard InChI is InChI=1S/C17H23N3O4/c1-24-12-14-11-15(20(22)23)5-6-16(14)18-7-2-8-19(10-9-18)17(21)13-3-4-13/h5-6,11,13H,2-4,7-10,12H2,1H3. The highest BCUT2D eigenvalue weighted by atomic mass is 16.6. The van der Waals surface area contributed by atoms with Crippen LogP contribution in [0.4, 0.5) is 11.4 Å². The van der Waals surface area contributed by atoms with Crippen molar-refractivity contribution in [3.05, 3.63) is 33.9 Å². The summed E-state index contributed by atoms with van der Waals surface area (Å²) in [6, 6.07) is 4.91. The molecule has 0 bridgehead atoms. The molecule has 0 spiro atoms. The number of rotatable bonds is 5. The number of amides is 1. The number of nitro benzene ring substituents is 1. The molecule has 3 rings (SSSR count). The van der Waals surface area contributed by atoms with Crippen LogP contribution in [0.5, 0.6) is 0 Å². The minimum atomic E-state index is -0.387. The van der Waals surface area contributed by atoms with E-state index >= 15 is 0 Å². The van der Waals surface area contributed by atoms with Crippen molar-refractivity contribution in [3.8, 4) is 0 Å². The molecule has 1 aromatic carbocycles. The van der Waals surface area contributed by atoms with Gasteiger partial charge in [0.05, 0.1) is 11.5 Å². The van der Waals surface area contributed by atoms with Crippen molar-refractivity contribution in [2.75, 3.05) is 38.2 Å². The van der Waals surface area contributed by atoms with Gasteiger partial charge in [0, 0.05) is 62.6 Å². The molecule has 1 heterocycles. The number of benzene rings is 1. The molecule has 2 fully saturated rings. The first-order valence-corrected chi connectivity index (χ1v) is 8.40. The van der Waals surface area contributed by atoms with Crippen molar-refractivity contribution in [3.63, 3.8) is 0 Å². The van der Waals surface area contributed by atoms with Gasteiger partial charge in [-0.3, -0.25) is 14.9 Å². The van der Waals surface area contributed by atoms with Gasteiger partial charge in [0.2, 0.25) is 5.91 Å². The number of anilines is 1. The Kier molecular flexibility index (Phi) is 4.99. The van der Waals surface area contributed by atoms with E-state index in [1.807, 2.05) is 4.90 Å². The molecule has 1 aromatic rings. The summed E-state index contributed by atoms with van der Waals surface area (Å²) >= 11 is 0. The van der Waals surface area contributed by atoms with Crippen LogP contribution >= 0.6 is 0 Å². The Labute approximate surface area is 141 Å². The fourth-order valence-electron chi connectivity index (χ4n) is 3.23. The third-order valence-corrected chi connectivity index (χ3v) is 4.65. The molecule has 1 saturated heterocycles. The van der Waals surface area contributed by atoms with Gasteiger partial charge in [-0.1, -0.05) is 0 Å². The number of nitro groups is 1. The van der Waals surface area contributed by atoms with E-state index in [2.05, 4.69) is 4.90 Å². The lowest BCUT2D eigenvalue weighted by molar-refractivity contribution is -0.384. The number of carbonyl (C=O) groups excluding carboxylic acids is 1. The fourth-order valence-corrected chi connectivity index (χ4v) is 3.23. The first-order chi connectivity index (χ1) is 11.6. The average Bonchev–Trinajstić information content (AvgIpc) is 3.41. The van der Waals surface area contributed by atoms with Crippen LogP contribution in [0, 0.1) is 16.0 Å². The van der Waals surface area contributed by atoms with Crippen LogP contribution in [-0.4, -0.2) is 49.0 Å². The summed E-state index contributed by atoms with van der Waals surface area (Å²) in [6.07, 6.45) is 2.96. The van der Waals surface area contributed by atoms with E-state index in [0.717, 1.165) is 50.1 Å². The highest BCUT2D eigenvalue weighted by Crippen LogP contribution is 2.32. The van der Waals surface area contributed by atoms with Crippen molar-refractivity contribution in [2.45, 2.75) is 25.9 Å². The molecule has 0 radical (unpaired) electrons. The molecule has 0 aromatic heterocycles. The maximum atomic E-state index is 12.3. The Bertz CT molecular complexity index is 630. The summed E-state index contributed by atoms with van der Waals surface area (Å²) in [4.78, 5) is 27.0. The predicted molar refractivity (Wildman–Crippen MR) is 89.9 cm³/mol. The first-order valence-electron chi connectivity index (χ1n) is 8.40. The molecular formula is C17H23N3O4. The second-order valence-corrected chi connectivity index (χ2v) is 6.44. The average molecular weight is 333 g/mol.